The topological polar surface area (TPSA) is 76.2 Å². The van der Waals surface area contributed by atoms with Gasteiger partial charge in [0.1, 0.15) is 5.82 Å². The van der Waals surface area contributed by atoms with Gasteiger partial charge in [0.05, 0.1) is 0 Å². The fraction of sp³-hybridized carbons (Fsp3) is 0.714. The highest BCUT2D eigenvalue weighted by Crippen LogP contribution is 2.16. The number of rotatable bonds is 6. The van der Waals surface area contributed by atoms with E-state index in [9.17, 15) is 4.79 Å². The lowest BCUT2D eigenvalue weighted by molar-refractivity contribution is -0.119. The zero-order valence-corrected chi connectivity index (χ0v) is 12.2. The molecule has 1 saturated heterocycles. The van der Waals surface area contributed by atoms with Gasteiger partial charge in [-0.2, -0.15) is 5.10 Å². The van der Waals surface area contributed by atoms with Crippen molar-refractivity contribution in [3.8, 4) is 0 Å². The Balaban J connectivity index is 1.58. The molecule has 0 unspecified atom stereocenters. The molecule has 2 rings (SSSR count). The van der Waals surface area contributed by atoms with E-state index in [0.29, 0.717) is 11.7 Å². The van der Waals surface area contributed by atoms with Crippen LogP contribution in [0.5, 0.6) is 0 Å². The molecule has 1 aromatic rings. The van der Waals surface area contributed by atoms with Crippen LogP contribution >= 0.6 is 0 Å². The van der Waals surface area contributed by atoms with Gasteiger partial charge in [-0.15, -0.1) is 0 Å². The zero-order chi connectivity index (χ0) is 14.4. The summed E-state index contributed by atoms with van der Waals surface area (Å²) in [5, 5.41) is 7.10. The molecule has 0 saturated carbocycles. The van der Waals surface area contributed by atoms with Crippen LogP contribution in [-0.4, -0.2) is 46.8 Å². The number of likely N-dealkylation sites (tertiary alicyclic amines) is 1. The van der Waals surface area contributed by atoms with Crippen molar-refractivity contribution in [2.24, 2.45) is 5.92 Å². The van der Waals surface area contributed by atoms with Crippen LogP contribution in [-0.2, 0) is 11.3 Å². The third kappa shape index (κ3) is 4.85. The molecule has 6 heteroatoms. The number of nitrogens with one attached hydrogen (secondary N) is 1. The van der Waals surface area contributed by atoms with Crippen molar-refractivity contribution in [3.05, 3.63) is 12.3 Å². The molecule has 1 aliphatic rings. The van der Waals surface area contributed by atoms with Gasteiger partial charge in [-0.05, 0) is 50.9 Å². The molecule has 0 radical (unpaired) electrons. The molecular formula is C14H25N5O. The highest BCUT2D eigenvalue weighted by atomic mass is 16.1. The molecule has 1 aromatic heterocycles. The number of anilines is 1. The van der Waals surface area contributed by atoms with E-state index in [2.05, 4.69) is 15.3 Å². The van der Waals surface area contributed by atoms with Crippen LogP contribution in [0.4, 0.5) is 5.82 Å². The van der Waals surface area contributed by atoms with Crippen LogP contribution in [0, 0.1) is 5.92 Å². The number of nitrogens with two attached hydrogens (primary N) is 1. The minimum atomic E-state index is 0.0749. The number of piperidine rings is 1. The summed E-state index contributed by atoms with van der Waals surface area (Å²) in [7, 11) is 0. The SMILES string of the molecule is CC(=O)NCC1CCN(CCCn2ccc(N)n2)CC1. The number of amides is 1. The number of hydrogen-bond acceptors (Lipinski definition) is 4. The van der Waals surface area contributed by atoms with Crippen molar-refractivity contribution in [2.45, 2.75) is 32.7 Å². The first kappa shape index (κ1) is 14.8. The number of carbonyl (C=O) groups excluding carboxylic acids is 1. The largest absolute Gasteiger partial charge is 0.382 e. The van der Waals surface area contributed by atoms with Crippen LogP contribution < -0.4 is 11.1 Å². The Labute approximate surface area is 120 Å². The maximum atomic E-state index is 10.9. The predicted molar refractivity (Wildman–Crippen MR) is 79.1 cm³/mol. The smallest absolute Gasteiger partial charge is 0.216 e. The summed E-state index contributed by atoms with van der Waals surface area (Å²) in [5.41, 5.74) is 5.59. The van der Waals surface area contributed by atoms with Gasteiger partial charge in [-0.3, -0.25) is 9.48 Å². The molecule has 1 amide bonds. The summed E-state index contributed by atoms with van der Waals surface area (Å²) < 4.78 is 1.90. The van der Waals surface area contributed by atoms with E-state index in [-0.39, 0.29) is 5.91 Å². The van der Waals surface area contributed by atoms with E-state index in [0.717, 1.165) is 39.1 Å². The normalized spacial score (nSPS) is 17.2. The Bertz CT molecular complexity index is 423. The van der Waals surface area contributed by atoms with E-state index in [4.69, 9.17) is 5.73 Å². The van der Waals surface area contributed by atoms with E-state index in [1.165, 1.54) is 12.8 Å². The van der Waals surface area contributed by atoms with E-state index in [1.54, 1.807) is 6.92 Å². The number of nitrogens with zero attached hydrogens (tertiary/aromatic N) is 3. The Morgan fingerprint density at radius 2 is 2.20 bits per heavy atom. The Morgan fingerprint density at radius 1 is 1.45 bits per heavy atom. The summed E-state index contributed by atoms with van der Waals surface area (Å²) in [5.74, 6) is 1.30. The van der Waals surface area contributed by atoms with Crippen molar-refractivity contribution < 1.29 is 4.79 Å². The molecule has 0 spiro atoms. The van der Waals surface area contributed by atoms with Crippen LogP contribution in [0.15, 0.2) is 12.3 Å². The van der Waals surface area contributed by atoms with Gasteiger partial charge in [0.15, 0.2) is 0 Å². The van der Waals surface area contributed by atoms with Crippen molar-refractivity contribution in [2.75, 3.05) is 31.9 Å². The first-order chi connectivity index (χ1) is 9.63. The highest BCUT2D eigenvalue weighted by Gasteiger charge is 2.18. The molecule has 0 atom stereocenters. The lowest BCUT2D eigenvalue weighted by Crippen LogP contribution is -2.38. The third-order valence-electron chi connectivity index (χ3n) is 3.87. The van der Waals surface area contributed by atoms with Crippen molar-refractivity contribution in [3.63, 3.8) is 0 Å². The van der Waals surface area contributed by atoms with Gasteiger partial charge in [0, 0.05) is 26.2 Å². The Morgan fingerprint density at radius 3 is 2.80 bits per heavy atom. The van der Waals surface area contributed by atoms with Crippen molar-refractivity contribution in [1.82, 2.24) is 20.0 Å². The first-order valence-corrected chi connectivity index (χ1v) is 7.39. The van der Waals surface area contributed by atoms with Crippen LogP contribution in [0.3, 0.4) is 0 Å². The Hall–Kier alpha value is -1.56. The van der Waals surface area contributed by atoms with E-state index in [1.807, 2.05) is 16.9 Å². The van der Waals surface area contributed by atoms with Gasteiger partial charge >= 0.3 is 0 Å². The van der Waals surface area contributed by atoms with Crippen molar-refractivity contribution >= 4 is 11.7 Å². The number of aromatic nitrogens is 2. The van der Waals surface area contributed by atoms with Gasteiger partial charge in [-0.1, -0.05) is 0 Å². The van der Waals surface area contributed by atoms with Gasteiger partial charge in [-0.25, -0.2) is 0 Å². The minimum Gasteiger partial charge on any atom is -0.382 e. The molecule has 0 bridgehead atoms. The summed E-state index contributed by atoms with van der Waals surface area (Å²) in [4.78, 5) is 13.4. The second-order valence-electron chi connectivity index (χ2n) is 5.58. The molecule has 1 aliphatic heterocycles. The highest BCUT2D eigenvalue weighted by molar-refractivity contribution is 5.72. The van der Waals surface area contributed by atoms with Crippen LogP contribution in [0.1, 0.15) is 26.2 Å². The molecule has 20 heavy (non-hydrogen) atoms. The fourth-order valence-corrected chi connectivity index (χ4v) is 2.66. The molecule has 0 aliphatic carbocycles. The molecule has 1 fully saturated rings. The summed E-state index contributed by atoms with van der Waals surface area (Å²) >= 11 is 0. The lowest BCUT2D eigenvalue weighted by Gasteiger charge is -2.31. The van der Waals surface area contributed by atoms with Crippen LogP contribution in [0.25, 0.3) is 0 Å². The number of aryl methyl sites for hydroxylation is 1. The summed E-state index contributed by atoms with van der Waals surface area (Å²) in [6.07, 6.45) is 5.37. The predicted octanol–water partition coefficient (Wildman–Crippen LogP) is 0.704. The van der Waals surface area contributed by atoms with Crippen LogP contribution in [0.2, 0.25) is 0 Å². The molecule has 6 nitrogen and oxygen atoms in total. The number of carbonyl (C=O) groups is 1. The summed E-state index contributed by atoms with van der Waals surface area (Å²) in [6, 6.07) is 1.83. The maximum absolute atomic E-state index is 10.9. The minimum absolute atomic E-state index is 0.0749. The molecule has 112 valence electrons. The van der Waals surface area contributed by atoms with E-state index >= 15 is 0 Å². The summed E-state index contributed by atoms with van der Waals surface area (Å²) in [6.45, 7) is 6.69. The zero-order valence-electron chi connectivity index (χ0n) is 12.2. The lowest BCUT2D eigenvalue weighted by atomic mass is 9.96. The van der Waals surface area contributed by atoms with Crippen molar-refractivity contribution in [1.29, 1.82) is 0 Å². The second kappa shape index (κ2) is 7.28. The standard InChI is InChI=1S/C14H25N5O/c1-12(20)16-11-13-3-8-18(9-4-13)6-2-7-19-10-5-14(15)17-19/h5,10,13H,2-4,6-9,11H2,1H3,(H2,15,17)(H,16,20). The monoisotopic (exact) mass is 279 g/mol. The maximum Gasteiger partial charge on any atom is 0.216 e. The molecular weight excluding hydrogens is 254 g/mol. The van der Waals surface area contributed by atoms with E-state index < -0.39 is 0 Å². The fourth-order valence-electron chi connectivity index (χ4n) is 2.66. The first-order valence-electron chi connectivity index (χ1n) is 7.39. The molecule has 3 N–H and O–H groups in total. The average molecular weight is 279 g/mol. The molecule has 0 aromatic carbocycles. The van der Waals surface area contributed by atoms with Gasteiger partial charge in [0.2, 0.25) is 5.91 Å². The average Bonchev–Trinajstić information content (AvgIpc) is 2.83. The molecule has 2 heterocycles. The number of nitrogen functional groups attached to an aromatic ring is 1. The van der Waals surface area contributed by atoms with Gasteiger partial charge in [0.25, 0.3) is 0 Å². The second-order valence-corrected chi connectivity index (χ2v) is 5.58. The van der Waals surface area contributed by atoms with Gasteiger partial charge < -0.3 is 16.0 Å². The number of hydrogen-bond donors (Lipinski definition) is 2. The quantitative estimate of drug-likeness (QED) is 0.804. The Kier molecular flexibility index (Phi) is 5.40. The third-order valence-corrected chi connectivity index (χ3v) is 3.87.